The highest BCUT2D eigenvalue weighted by Gasteiger charge is 2.31. The molecule has 1 saturated heterocycles. The van der Waals surface area contributed by atoms with Gasteiger partial charge in [0.2, 0.25) is 12.7 Å². The topological polar surface area (TPSA) is 110 Å². The summed E-state index contributed by atoms with van der Waals surface area (Å²) in [5.41, 5.74) is 2.62. The Kier molecular flexibility index (Phi) is 5.58. The molecule has 1 aromatic heterocycles. The summed E-state index contributed by atoms with van der Waals surface area (Å²) in [6.07, 6.45) is 1.12. The van der Waals surface area contributed by atoms with Gasteiger partial charge in [-0.1, -0.05) is 0 Å². The van der Waals surface area contributed by atoms with E-state index in [9.17, 15) is 14.4 Å². The van der Waals surface area contributed by atoms with Crippen LogP contribution < -0.4 is 14.8 Å². The SMILES string of the molecule is COC(=O)c1c(C)[nH]c(C(=O)N2CCC(C(=O)Nc3ccc4c(c3)OCO4)CC2)c1C. The minimum Gasteiger partial charge on any atom is -0.465 e. The van der Waals surface area contributed by atoms with Gasteiger partial charge >= 0.3 is 5.97 Å². The van der Waals surface area contributed by atoms with Crippen LogP contribution in [0.4, 0.5) is 5.69 Å². The van der Waals surface area contributed by atoms with E-state index in [0.717, 1.165) is 0 Å². The van der Waals surface area contributed by atoms with Gasteiger partial charge in [0.1, 0.15) is 5.69 Å². The zero-order valence-corrected chi connectivity index (χ0v) is 17.7. The number of rotatable bonds is 4. The number of aromatic amines is 1. The number of carbonyl (C=O) groups excluding carboxylic acids is 3. The number of piperidine rings is 1. The van der Waals surface area contributed by atoms with Crippen molar-refractivity contribution in [1.82, 2.24) is 9.88 Å². The summed E-state index contributed by atoms with van der Waals surface area (Å²) < 4.78 is 15.4. The number of methoxy groups -OCH3 is 1. The van der Waals surface area contributed by atoms with E-state index in [0.29, 0.717) is 65.6 Å². The van der Waals surface area contributed by atoms with E-state index in [2.05, 4.69) is 10.3 Å². The molecule has 0 bridgehead atoms. The predicted octanol–water partition coefficient (Wildman–Crippen LogP) is 2.64. The van der Waals surface area contributed by atoms with Crippen molar-refractivity contribution in [2.75, 3.05) is 32.3 Å². The molecule has 9 nitrogen and oxygen atoms in total. The Morgan fingerprint density at radius 1 is 1.13 bits per heavy atom. The standard InChI is InChI=1S/C22H25N3O6/c1-12-18(22(28)29-3)13(2)23-19(12)21(27)25-8-6-14(7-9-25)20(26)24-15-4-5-16-17(10-15)31-11-30-16/h4-5,10,14,23H,6-9,11H2,1-3H3,(H,24,26). The van der Waals surface area contributed by atoms with Crippen LogP contribution in [-0.2, 0) is 9.53 Å². The summed E-state index contributed by atoms with van der Waals surface area (Å²) in [6.45, 7) is 4.57. The normalized spacial score (nSPS) is 15.6. The summed E-state index contributed by atoms with van der Waals surface area (Å²) in [6, 6.07) is 5.29. The maximum atomic E-state index is 13.0. The van der Waals surface area contributed by atoms with Gasteiger partial charge in [-0.15, -0.1) is 0 Å². The third kappa shape index (κ3) is 3.95. The summed E-state index contributed by atoms with van der Waals surface area (Å²) >= 11 is 0. The van der Waals surface area contributed by atoms with Gasteiger partial charge in [0.05, 0.1) is 12.7 Å². The van der Waals surface area contributed by atoms with Gasteiger partial charge in [0, 0.05) is 36.5 Å². The molecule has 2 aliphatic rings. The van der Waals surface area contributed by atoms with E-state index in [1.54, 1.807) is 36.9 Å². The highest BCUT2D eigenvalue weighted by Crippen LogP contribution is 2.34. The van der Waals surface area contributed by atoms with Gasteiger partial charge in [-0.3, -0.25) is 9.59 Å². The number of nitrogens with zero attached hydrogens (tertiary/aromatic N) is 1. The zero-order valence-electron chi connectivity index (χ0n) is 17.7. The Balaban J connectivity index is 1.37. The Morgan fingerprint density at radius 3 is 2.55 bits per heavy atom. The maximum Gasteiger partial charge on any atom is 0.339 e. The number of nitrogens with one attached hydrogen (secondary N) is 2. The first kappa shape index (κ1) is 20.8. The molecule has 0 radical (unpaired) electrons. The number of benzene rings is 1. The number of hydrogen-bond donors (Lipinski definition) is 2. The van der Waals surface area contributed by atoms with Crippen LogP contribution in [0.5, 0.6) is 11.5 Å². The molecule has 0 unspecified atom stereocenters. The molecule has 2 aliphatic heterocycles. The first-order chi connectivity index (χ1) is 14.9. The van der Waals surface area contributed by atoms with Crippen molar-refractivity contribution in [1.29, 1.82) is 0 Å². The van der Waals surface area contributed by atoms with Crippen LogP contribution in [0.2, 0.25) is 0 Å². The van der Waals surface area contributed by atoms with Gasteiger partial charge in [-0.2, -0.15) is 0 Å². The van der Waals surface area contributed by atoms with Gasteiger partial charge < -0.3 is 29.4 Å². The molecule has 0 spiro atoms. The molecule has 0 atom stereocenters. The Labute approximate surface area is 179 Å². The van der Waals surface area contributed by atoms with Crippen molar-refractivity contribution in [2.24, 2.45) is 5.92 Å². The molecule has 31 heavy (non-hydrogen) atoms. The van der Waals surface area contributed by atoms with Crippen molar-refractivity contribution in [2.45, 2.75) is 26.7 Å². The fourth-order valence-corrected chi connectivity index (χ4v) is 4.09. The number of hydrogen-bond acceptors (Lipinski definition) is 6. The summed E-state index contributed by atoms with van der Waals surface area (Å²) in [5.74, 6) is 0.364. The second-order valence-corrected chi connectivity index (χ2v) is 7.74. The largest absolute Gasteiger partial charge is 0.465 e. The van der Waals surface area contributed by atoms with Gasteiger partial charge in [0.15, 0.2) is 11.5 Å². The maximum absolute atomic E-state index is 13.0. The van der Waals surface area contributed by atoms with Gasteiger partial charge in [-0.25, -0.2) is 4.79 Å². The van der Waals surface area contributed by atoms with Crippen molar-refractivity contribution in [3.05, 3.63) is 40.7 Å². The number of carbonyl (C=O) groups is 3. The third-order valence-electron chi connectivity index (χ3n) is 5.83. The minimum atomic E-state index is -0.468. The Hall–Kier alpha value is -3.49. The number of amides is 2. The van der Waals surface area contributed by atoms with Crippen LogP contribution in [0.25, 0.3) is 0 Å². The molecular weight excluding hydrogens is 402 g/mol. The van der Waals surface area contributed by atoms with Crippen LogP contribution in [0, 0.1) is 19.8 Å². The lowest BCUT2D eigenvalue weighted by Crippen LogP contribution is -2.41. The van der Waals surface area contributed by atoms with E-state index in [1.807, 2.05) is 0 Å². The lowest BCUT2D eigenvalue weighted by Gasteiger charge is -2.31. The number of aryl methyl sites for hydroxylation is 1. The van der Waals surface area contributed by atoms with Crippen molar-refractivity contribution in [3.63, 3.8) is 0 Å². The highest BCUT2D eigenvalue weighted by molar-refractivity contribution is 6.00. The average Bonchev–Trinajstić information content (AvgIpc) is 3.36. The summed E-state index contributed by atoms with van der Waals surface area (Å²) in [7, 11) is 1.31. The van der Waals surface area contributed by atoms with Crippen molar-refractivity contribution >= 4 is 23.5 Å². The lowest BCUT2D eigenvalue weighted by atomic mass is 9.95. The summed E-state index contributed by atoms with van der Waals surface area (Å²) in [4.78, 5) is 42.4. The minimum absolute atomic E-state index is 0.0779. The van der Waals surface area contributed by atoms with Crippen molar-refractivity contribution < 1.29 is 28.6 Å². The average molecular weight is 427 g/mol. The molecular formula is C22H25N3O6. The first-order valence-electron chi connectivity index (χ1n) is 10.2. The summed E-state index contributed by atoms with van der Waals surface area (Å²) in [5, 5.41) is 2.92. The first-order valence-corrected chi connectivity index (χ1v) is 10.2. The molecule has 2 N–H and O–H groups in total. The van der Waals surface area contributed by atoms with Crippen LogP contribution >= 0.6 is 0 Å². The second kappa shape index (κ2) is 8.33. The van der Waals surface area contributed by atoms with Gasteiger partial charge in [-0.05, 0) is 44.4 Å². The van der Waals surface area contributed by atoms with Crippen LogP contribution in [0.15, 0.2) is 18.2 Å². The number of anilines is 1. The molecule has 164 valence electrons. The van der Waals surface area contributed by atoms with E-state index in [-0.39, 0.29) is 24.5 Å². The lowest BCUT2D eigenvalue weighted by molar-refractivity contribution is -0.121. The fourth-order valence-electron chi connectivity index (χ4n) is 4.09. The number of likely N-dealkylation sites (tertiary alicyclic amines) is 1. The number of H-pyrrole nitrogens is 1. The van der Waals surface area contributed by atoms with E-state index in [1.165, 1.54) is 7.11 Å². The van der Waals surface area contributed by atoms with Crippen LogP contribution in [-0.4, -0.2) is 54.7 Å². The fraction of sp³-hybridized carbons (Fsp3) is 0.409. The molecule has 0 saturated carbocycles. The molecule has 3 heterocycles. The number of esters is 1. The number of fused-ring (bicyclic) bond motifs is 1. The van der Waals surface area contributed by atoms with E-state index < -0.39 is 5.97 Å². The van der Waals surface area contributed by atoms with Crippen LogP contribution in [0.1, 0.15) is 44.9 Å². The number of ether oxygens (including phenoxy) is 3. The highest BCUT2D eigenvalue weighted by atomic mass is 16.7. The smallest absolute Gasteiger partial charge is 0.339 e. The Morgan fingerprint density at radius 2 is 1.84 bits per heavy atom. The molecule has 9 heteroatoms. The molecule has 1 aromatic carbocycles. The third-order valence-corrected chi connectivity index (χ3v) is 5.83. The van der Waals surface area contributed by atoms with Crippen LogP contribution in [0.3, 0.4) is 0 Å². The Bertz CT molecular complexity index is 1040. The molecule has 4 rings (SSSR count). The molecule has 2 amide bonds. The van der Waals surface area contributed by atoms with Crippen molar-refractivity contribution in [3.8, 4) is 11.5 Å². The zero-order chi connectivity index (χ0) is 22.1. The predicted molar refractivity (Wildman–Crippen MR) is 111 cm³/mol. The van der Waals surface area contributed by atoms with E-state index >= 15 is 0 Å². The monoisotopic (exact) mass is 427 g/mol. The van der Waals surface area contributed by atoms with Gasteiger partial charge in [0.25, 0.3) is 5.91 Å². The second-order valence-electron chi connectivity index (χ2n) is 7.74. The van der Waals surface area contributed by atoms with E-state index in [4.69, 9.17) is 14.2 Å². The molecule has 2 aromatic rings. The number of aromatic nitrogens is 1. The quantitative estimate of drug-likeness (QED) is 0.726. The molecule has 0 aliphatic carbocycles. The molecule has 1 fully saturated rings.